The minimum absolute atomic E-state index is 0.801. The number of rotatable bonds is 4. The molecule has 25 heavy (non-hydrogen) atoms. The van der Waals surface area contributed by atoms with Gasteiger partial charge in [-0.2, -0.15) is 0 Å². The molecule has 4 aromatic rings. The molecule has 2 aromatic carbocycles. The molecule has 0 unspecified atom stereocenters. The molecule has 0 aliphatic heterocycles. The van der Waals surface area contributed by atoms with Gasteiger partial charge in [0.25, 0.3) is 0 Å². The van der Waals surface area contributed by atoms with Gasteiger partial charge in [-0.25, -0.2) is 9.97 Å². The van der Waals surface area contributed by atoms with Gasteiger partial charge in [-0.15, -0.1) is 22.7 Å². The number of benzene rings is 2. The Bertz CT molecular complexity index is 938. The summed E-state index contributed by atoms with van der Waals surface area (Å²) in [6.07, 6.45) is 0. The van der Waals surface area contributed by atoms with Crippen LogP contribution >= 0.6 is 22.7 Å². The first-order valence-electron chi connectivity index (χ1n) is 7.90. The Morgan fingerprint density at radius 1 is 0.720 bits per heavy atom. The van der Waals surface area contributed by atoms with E-state index in [1.54, 1.807) is 22.7 Å². The van der Waals surface area contributed by atoms with Crippen LogP contribution in [0.1, 0.15) is 10.0 Å². The molecule has 0 spiro atoms. The maximum absolute atomic E-state index is 6.07. The van der Waals surface area contributed by atoms with Crippen molar-refractivity contribution in [2.24, 2.45) is 0 Å². The second kappa shape index (κ2) is 6.78. The molecule has 3 nitrogen and oxygen atoms in total. The lowest BCUT2D eigenvalue weighted by Crippen LogP contribution is -1.87. The van der Waals surface area contributed by atoms with E-state index in [1.165, 1.54) is 0 Å². The van der Waals surface area contributed by atoms with Gasteiger partial charge in [-0.05, 0) is 38.1 Å². The monoisotopic (exact) mass is 364 g/mol. The topological polar surface area (TPSA) is 35.0 Å². The predicted molar refractivity (Wildman–Crippen MR) is 105 cm³/mol. The number of nitrogens with zero attached hydrogens (tertiary/aromatic N) is 2. The minimum Gasteiger partial charge on any atom is -0.457 e. The molecule has 0 atom stereocenters. The highest BCUT2D eigenvalue weighted by atomic mass is 32.1. The van der Waals surface area contributed by atoms with Gasteiger partial charge in [-0.3, -0.25) is 0 Å². The normalized spacial score (nSPS) is 10.8. The quantitative estimate of drug-likeness (QED) is 0.423. The summed E-state index contributed by atoms with van der Waals surface area (Å²) in [6, 6.07) is 16.1. The molecule has 0 saturated carbocycles. The van der Waals surface area contributed by atoms with E-state index in [1.807, 2.05) is 50.2 Å². The molecule has 2 heterocycles. The number of hydrogen-bond acceptors (Lipinski definition) is 5. The number of ether oxygens (including phenoxy) is 1. The molecule has 0 radical (unpaired) electrons. The summed E-state index contributed by atoms with van der Waals surface area (Å²) in [5, 5.41) is 6.26. The van der Waals surface area contributed by atoms with Gasteiger partial charge >= 0.3 is 0 Å². The summed E-state index contributed by atoms with van der Waals surface area (Å²) in [5.74, 6) is 1.60. The highest BCUT2D eigenvalue weighted by Gasteiger charge is 2.07. The van der Waals surface area contributed by atoms with Crippen LogP contribution < -0.4 is 4.74 Å². The van der Waals surface area contributed by atoms with Crippen molar-refractivity contribution in [1.82, 2.24) is 9.97 Å². The van der Waals surface area contributed by atoms with Crippen LogP contribution in [0.2, 0.25) is 0 Å². The highest BCUT2D eigenvalue weighted by Crippen LogP contribution is 2.30. The van der Waals surface area contributed by atoms with Crippen molar-refractivity contribution in [2.75, 3.05) is 0 Å². The molecule has 124 valence electrons. The Balaban J connectivity index is 1.60. The first-order valence-corrected chi connectivity index (χ1v) is 9.66. The lowest BCUT2D eigenvalue weighted by atomic mass is 10.1. The highest BCUT2D eigenvalue weighted by molar-refractivity contribution is 7.10. The van der Waals surface area contributed by atoms with Crippen molar-refractivity contribution >= 4 is 22.7 Å². The van der Waals surface area contributed by atoms with Crippen LogP contribution in [0.15, 0.2) is 59.3 Å². The van der Waals surface area contributed by atoms with Crippen LogP contribution in [0.25, 0.3) is 22.5 Å². The van der Waals surface area contributed by atoms with Crippen LogP contribution in [0.5, 0.6) is 11.5 Å². The molecule has 0 bridgehead atoms. The van der Waals surface area contributed by atoms with Gasteiger partial charge in [0.15, 0.2) is 0 Å². The average Bonchev–Trinajstić information content (AvgIpc) is 3.24. The molecular formula is C20H16N2OS2. The maximum Gasteiger partial charge on any atom is 0.128 e. The fourth-order valence-corrected chi connectivity index (χ4v) is 3.81. The SMILES string of the molecule is Cc1nc(-c2cccc(Oc3cccc(-c4csc(C)n4)c3)c2)cs1. The van der Waals surface area contributed by atoms with E-state index in [0.717, 1.165) is 44.0 Å². The van der Waals surface area contributed by atoms with Crippen molar-refractivity contribution in [1.29, 1.82) is 0 Å². The largest absolute Gasteiger partial charge is 0.457 e. The molecule has 0 aliphatic rings. The molecular weight excluding hydrogens is 348 g/mol. The van der Waals surface area contributed by atoms with Crippen LogP contribution in [-0.4, -0.2) is 9.97 Å². The standard InChI is InChI=1S/C20H16N2OS2/c1-13-21-19(11-24-13)15-5-3-7-17(9-15)23-18-8-4-6-16(10-18)20-12-25-14(2)22-20/h3-12H,1-2H3. The molecule has 5 heteroatoms. The average molecular weight is 364 g/mol. The van der Waals surface area contributed by atoms with E-state index in [0.29, 0.717) is 0 Å². The van der Waals surface area contributed by atoms with Crippen molar-refractivity contribution in [2.45, 2.75) is 13.8 Å². The first-order chi connectivity index (χ1) is 12.2. The smallest absolute Gasteiger partial charge is 0.128 e. The Labute approximate surface area is 154 Å². The lowest BCUT2D eigenvalue weighted by Gasteiger charge is -2.08. The second-order valence-electron chi connectivity index (χ2n) is 5.66. The van der Waals surface area contributed by atoms with E-state index < -0.39 is 0 Å². The van der Waals surface area contributed by atoms with E-state index in [4.69, 9.17) is 4.74 Å². The number of hydrogen-bond donors (Lipinski definition) is 0. The number of aryl methyl sites for hydroxylation is 2. The molecule has 0 fully saturated rings. The zero-order valence-electron chi connectivity index (χ0n) is 13.9. The summed E-state index contributed by atoms with van der Waals surface area (Å²) in [7, 11) is 0. The Morgan fingerprint density at radius 2 is 1.20 bits per heavy atom. The van der Waals surface area contributed by atoms with E-state index in [-0.39, 0.29) is 0 Å². The molecule has 0 N–H and O–H groups in total. The summed E-state index contributed by atoms with van der Waals surface area (Å²) < 4.78 is 6.07. The van der Waals surface area contributed by atoms with Crippen LogP contribution in [0, 0.1) is 13.8 Å². The Kier molecular flexibility index (Phi) is 4.34. The Morgan fingerprint density at radius 3 is 1.60 bits per heavy atom. The summed E-state index contributed by atoms with van der Waals surface area (Å²) in [6.45, 7) is 4.03. The summed E-state index contributed by atoms with van der Waals surface area (Å²) in [5.41, 5.74) is 4.10. The van der Waals surface area contributed by atoms with Crippen molar-refractivity contribution in [3.63, 3.8) is 0 Å². The summed E-state index contributed by atoms with van der Waals surface area (Å²) >= 11 is 3.31. The van der Waals surface area contributed by atoms with E-state index in [9.17, 15) is 0 Å². The van der Waals surface area contributed by atoms with Crippen molar-refractivity contribution < 1.29 is 4.74 Å². The van der Waals surface area contributed by atoms with Gasteiger partial charge in [0.1, 0.15) is 11.5 Å². The van der Waals surface area contributed by atoms with Gasteiger partial charge in [0, 0.05) is 21.9 Å². The van der Waals surface area contributed by atoms with Crippen molar-refractivity contribution in [3.05, 3.63) is 69.3 Å². The number of aromatic nitrogens is 2. The van der Waals surface area contributed by atoms with Crippen molar-refractivity contribution in [3.8, 4) is 34.0 Å². The fraction of sp³-hybridized carbons (Fsp3) is 0.100. The molecule has 4 rings (SSSR count). The fourth-order valence-electron chi connectivity index (χ4n) is 2.57. The molecule has 0 saturated heterocycles. The third-order valence-electron chi connectivity index (χ3n) is 3.73. The minimum atomic E-state index is 0.801. The third kappa shape index (κ3) is 3.62. The van der Waals surface area contributed by atoms with E-state index >= 15 is 0 Å². The van der Waals surface area contributed by atoms with Gasteiger partial charge in [0.2, 0.25) is 0 Å². The summed E-state index contributed by atoms with van der Waals surface area (Å²) in [4.78, 5) is 9.08. The van der Waals surface area contributed by atoms with Gasteiger partial charge < -0.3 is 4.74 Å². The molecule has 0 amide bonds. The number of thiazole rings is 2. The maximum atomic E-state index is 6.07. The second-order valence-corrected chi connectivity index (χ2v) is 7.79. The zero-order valence-corrected chi connectivity index (χ0v) is 15.5. The van der Waals surface area contributed by atoms with E-state index in [2.05, 4.69) is 32.9 Å². The predicted octanol–water partition coefficient (Wildman–Crippen LogP) is 6.34. The van der Waals surface area contributed by atoms with Crippen LogP contribution in [0.3, 0.4) is 0 Å². The van der Waals surface area contributed by atoms with Gasteiger partial charge in [0.05, 0.1) is 21.4 Å². The van der Waals surface area contributed by atoms with Crippen LogP contribution in [0.4, 0.5) is 0 Å². The Hall–Kier alpha value is -2.50. The lowest BCUT2D eigenvalue weighted by molar-refractivity contribution is 0.483. The third-order valence-corrected chi connectivity index (χ3v) is 5.28. The first kappa shape index (κ1) is 16.0. The molecule has 2 aromatic heterocycles. The van der Waals surface area contributed by atoms with Gasteiger partial charge in [-0.1, -0.05) is 24.3 Å². The zero-order chi connectivity index (χ0) is 17.2. The van der Waals surface area contributed by atoms with Crippen LogP contribution in [-0.2, 0) is 0 Å². The molecule has 0 aliphatic carbocycles.